The Morgan fingerprint density at radius 2 is 2.28 bits per heavy atom. The summed E-state index contributed by atoms with van der Waals surface area (Å²) in [6.45, 7) is 2.94. The second kappa shape index (κ2) is 4.24. The molecule has 0 bridgehead atoms. The van der Waals surface area contributed by atoms with Gasteiger partial charge in [0.2, 0.25) is 5.89 Å². The molecule has 0 atom stereocenters. The highest BCUT2D eigenvalue weighted by Crippen LogP contribution is 2.27. The first-order chi connectivity index (χ1) is 8.63. The number of aromatic nitrogens is 2. The normalized spacial score (nSPS) is 15.8. The van der Waals surface area contributed by atoms with Gasteiger partial charge in [0.05, 0.1) is 5.92 Å². The van der Waals surface area contributed by atoms with Gasteiger partial charge in [-0.25, -0.2) is 0 Å². The highest BCUT2D eigenvalue weighted by atomic mass is 79.9. The van der Waals surface area contributed by atoms with Crippen LogP contribution in [0.25, 0.3) is 0 Å². The van der Waals surface area contributed by atoms with Crippen molar-refractivity contribution < 1.29 is 13.7 Å². The van der Waals surface area contributed by atoms with Crippen LogP contribution in [0, 0.1) is 6.92 Å². The van der Waals surface area contributed by atoms with Crippen molar-refractivity contribution in [1.82, 2.24) is 15.0 Å². The lowest BCUT2D eigenvalue weighted by Gasteiger charge is -2.36. The molecule has 7 heteroatoms. The predicted molar refractivity (Wildman–Crippen MR) is 64.1 cm³/mol. The van der Waals surface area contributed by atoms with Crippen LogP contribution in [0.5, 0.6) is 0 Å². The van der Waals surface area contributed by atoms with Gasteiger partial charge in [-0.2, -0.15) is 4.98 Å². The Morgan fingerprint density at radius 3 is 2.83 bits per heavy atom. The molecule has 1 aliphatic rings. The first-order valence-electron chi connectivity index (χ1n) is 5.48. The minimum Gasteiger partial charge on any atom is -0.444 e. The average molecular weight is 312 g/mol. The van der Waals surface area contributed by atoms with Crippen molar-refractivity contribution in [1.29, 1.82) is 0 Å². The van der Waals surface area contributed by atoms with Crippen LogP contribution in [0.3, 0.4) is 0 Å². The van der Waals surface area contributed by atoms with E-state index in [4.69, 9.17) is 8.94 Å². The molecule has 1 aliphatic heterocycles. The number of amides is 1. The molecule has 0 radical (unpaired) electrons. The van der Waals surface area contributed by atoms with Gasteiger partial charge in [-0.3, -0.25) is 4.79 Å². The summed E-state index contributed by atoms with van der Waals surface area (Å²) < 4.78 is 10.8. The molecule has 1 saturated heterocycles. The van der Waals surface area contributed by atoms with Crippen LogP contribution in [0.4, 0.5) is 0 Å². The van der Waals surface area contributed by atoms with Gasteiger partial charge in [0.25, 0.3) is 5.91 Å². The minimum absolute atomic E-state index is 0.117. The monoisotopic (exact) mass is 311 g/mol. The summed E-state index contributed by atoms with van der Waals surface area (Å²) in [5, 5.41) is 3.74. The summed E-state index contributed by atoms with van der Waals surface area (Å²) in [5.41, 5.74) is 0. The maximum Gasteiger partial charge on any atom is 0.289 e. The van der Waals surface area contributed by atoms with Crippen LogP contribution in [0.1, 0.15) is 28.2 Å². The van der Waals surface area contributed by atoms with Crippen molar-refractivity contribution >= 4 is 21.8 Å². The van der Waals surface area contributed by atoms with Crippen molar-refractivity contribution in [2.45, 2.75) is 12.8 Å². The summed E-state index contributed by atoms with van der Waals surface area (Å²) in [4.78, 5) is 17.8. The van der Waals surface area contributed by atoms with E-state index in [1.165, 1.54) is 0 Å². The molecule has 0 aromatic carbocycles. The zero-order valence-electron chi connectivity index (χ0n) is 9.59. The molecular weight excluding hydrogens is 302 g/mol. The van der Waals surface area contributed by atoms with Crippen molar-refractivity contribution in [3.63, 3.8) is 0 Å². The number of halogens is 1. The van der Waals surface area contributed by atoms with E-state index in [9.17, 15) is 4.79 Å². The molecule has 0 unspecified atom stereocenters. The lowest BCUT2D eigenvalue weighted by Crippen LogP contribution is -2.48. The lowest BCUT2D eigenvalue weighted by molar-refractivity contribution is 0.0535. The SMILES string of the molecule is Cc1noc(C2CN(C(=O)c3ccc(Br)o3)C2)n1. The van der Waals surface area contributed by atoms with Gasteiger partial charge in [-0.05, 0) is 35.0 Å². The Labute approximate surface area is 111 Å². The molecule has 0 spiro atoms. The van der Waals surface area contributed by atoms with E-state index in [0.29, 0.717) is 35.2 Å². The third-order valence-electron chi connectivity index (χ3n) is 2.85. The molecule has 94 valence electrons. The molecule has 3 heterocycles. The topological polar surface area (TPSA) is 72.4 Å². The molecular formula is C11H10BrN3O3. The summed E-state index contributed by atoms with van der Waals surface area (Å²) in [7, 11) is 0. The van der Waals surface area contributed by atoms with Gasteiger partial charge in [-0.1, -0.05) is 5.16 Å². The van der Waals surface area contributed by atoms with Crippen molar-refractivity contribution in [3.05, 3.63) is 34.3 Å². The largest absolute Gasteiger partial charge is 0.444 e. The standard InChI is InChI=1S/C11H10BrN3O3/c1-6-13-10(18-14-6)7-4-15(5-7)11(16)8-2-3-9(12)17-8/h2-3,7H,4-5H2,1H3. The lowest BCUT2D eigenvalue weighted by atomic mass is 10.00. The van der Waals surface area contributed by atoms with Gasteiger partial charge < -0.3 is 13.8 Å². The second-order valence-corrected chi connectivity index (χ2v) is 4.97. The van der Waals surface area contributed by atoms with Gasteiger partial charge in [0.1, 0.15) is 0 Å². The Kier molecular flexibility index (Phi) is 2.70. The first kappa shape index (κ1) is 11.5. The maximum absolute atomic E-state index is 12.0. The Balaban J connectivity index is 1.64. The third kappa shape index (κ3) is 1.94. The van der Waals surface area contributed by atoms with Crippen molar-refractivity contribution in [2.75, 3.05) is 13.1 Å². The van der Waals surface area contributed by atoms with E-state index in [2.05, 4.69) is 26.1 Å². The average Bonchev–Trinajstić information content (AvgIpc) is 2.85. The van der Waals surface area contributed by atoms with Gasteiger partial charge in [0, 0.05) is 13.1 Å². The Morgan fingerprint density at radius 1 is 1.50 bits per heavy atom. The van der Waals surface area contributed by atoms with Crippen LogP contribution >= 0.6 is 15.9 Å². The summed E-state index contributed by atoms with van der Waals surface area (Å²) in [6, 6.07) is 3.35. The van der Waals surface area contributed by atoms with Gasteiger partial charge in [0.15, 0.2) is 16.3 Å². The summed E-state index contributed by atoms with van der Waals surface area (Å²) in [5.74, 6) is 1.56. The number of carbonyl (C=O) groups is 1. The number of rotatable bonds is 2. The van der Waals surface area contributed by atoms with Crippen LogP contribution < -0.4 is 0 Å². The van der Waals surface area contributed by atoms with Gasteiger partial charge in [-0.15, -0.1) is 0 Å². The molecule has 1 fully saturated rings. The number of furan rings is 1. The number of likely N-dealkylation sites (tertiary alicyclic amines) is 1. The first-order valence-corrected chi connectivity index (χ1v) is 6.27. The van der Waals surface area contributed by atoms with Gasteiger partial charge >= 0.3 is 0 Å². The molecule has 0 saturated carbocycles. The fraction of sp³-hybridized carbons (Fsp3) is 0.364. The van der Waals surface area contributed by atoms with Crippen molar-refractivity contribution in [3.8, 4) is 0 Å². The van der Waals surface area contributed by atoms with Crippen molar-refractivity contribution in [2.24, 2.45) is 0 Å². The fourth-order valence-electron chi connectivity index (χ4n) is 1.86. The minimum atomic E-state index is -0.117. The highest BCUT2D eigenvalue weighted by Gasteiger charge is 2.36. The van der Waals surface area contributed by atoms with E-state index in [0.717, 1.165) is 0 Å². The Hall–Kier alpha value is -1.63. The van der Waals surface area contributed by atoms with E-state index < -0.39 is 0 Å². The summed E-state index contributed by atoms with van der Waals surface area (Å²) >= 11 is 3.17. The number of hydrogen-bond acceptors (Lipinski definition) is 5. The van der Waals surface area contributed by atoms with Crippen LogP contribution in [-0.4, -0.2) is 34.0 Å². The molecule has 1 amide bonds. The van der Waals surface area contributed by atoms with Crippen LogP contribution in [0.15, 0.2) is 25.7 Å². The summed E-state index contributed by atoms with van der Waals surface area (Å²) in [6.07, 6.45) is 0. The molecule has 6 nitrogen and oxygen atoms in total. The number of aryl methyl sites for hydroxylation is 1. The number of carbonyl (C=O) groups excluding carboxylic acids is 1. The third-order valence-corrected chi connectivity index (χ3v) is 3.27. The number of nitrogens with zero attached hydrogens (tertiary/aromatic N) is 3. The highest BCUT2D eigenvalue weighted by molar-refractivity contribution is 9.10. The van der Waals surface area contributed by atoms with E-state index in [1.807, 2.05) is 0 Å². The zero-order valence-corrected chi connectivity index (χ0v) is 11.2. The Bertz CT molecular complexity index is 586. The fourth-order valence-corrected chi connectivity index (χ4v) is 2.17. The molecule has 2 aromatic heterocycles. The molecule has 2 aromatic rings. The van der Waals surface area contributed by atoms with E-state index in [-0.39, 0.29) is 11.8 Å². The van der Waals surface area contributed by atoms with Crippen LogP contribution in [0.2, 0.25) is 0 Å². The van der Waals surface area contributed by atoms with E-state index >= 15 is 0 Å². The van der Waals surface area contributed by atoms with Crippen LogP contribution in [-0.2, 0) is 0 Å². The number of hydrogen-bond donors (Lipinski definition) is 0. The molecule has 3 rings (SSSR count). The molecule has 0 N–H and O–H groups in total. The smallest absolute Gasteiger partial charge is 0.289 e. The van der Waals surface area contributed by atoms with E-state index in [1.54, 1.807) is 24.0 Å². The zero-order chi connectivity index (χ0) is 12.7. The predicted octanol–water partition coefficient (Wildman–Crippen LogP) is 1.97. The maximum atomic E-state index is 12.0. The molecule has 18 heavy (non-hydrogen) atoms. The second-order valence-electron chi connectivity index (χ2n) is 4.19. The quantitative estimate of drug-likeness (QED) is 0.848. The molecule has 0 aliphatic carbocycles.